The molecule has 0 fully saturated rings. The molecule has 0 saturated heterocycles. The molecule has 0 heterocycles. The van der Waals surface area contributed by atoms with Crippen molar-refractivity contribution in [1.29, 1.82) is 0 Å². The van der Waals surface area contributed by atoms with E-state index in [4.69, 9.17) is 11.6 Å². The highest BCUT2D eigenvalue weighted by atomic mass is 35.5. The molecule has 3 aromatic rings. The molecule has 0 spiro atoms. The van der Waals surface area contributed by atoms with E-state index >= 15 is 0 Å². The van der Waals surface area contributed by atoms with Crippen molar-refractivity contribution in [2.75, 3.05) is 16.4 Å². The van der Waals surface area contributed by atoms with Gasteiger partial charge in [0.15, 0.2) is 9.84 Å². The van der Waals surface area contributed by atoms with Gasteiger partial charge in [0.1, 0.15) is 4.90 Å². The van der Waals surface area contributed by atoms with E-state index in [1.54, 1.807) is 25.1 Å². The maximum atomic E-state index is 13.0. The maximum Gasteiger partial charge on any atom is 0.264 e. The van der Waals surface area contributed by atoms with Gasteiger partial charge in [-0.25, -0.2) is 25.3 Å². The van der Waals surface area contributed by atoms with Crippen molar-refractivity contribution in [1.82, 2.24) is 4.83 Å². The van der Waals surface area contributed by atoms with Crippen LogP contribution in [0.3, 0.4) is 0 Å². The number of sulfonamides is 2. The maximum absolute atomic E-state index is 13.0. The number of hydrogen-bond donors (Lipinski definition) is 3. The summed E-state index contributed by atoms with van der Waals surface area (Å²) in [5, 5.41) is 0.196. The summed E-state index contributed by atoms with van der Waals surface area (Å²) in [6.45, 7) is 1.69. The van der Waals surface area contributed by atoms with Gasteiger partial charge in [-0.1, -0.05) is 29.8 Å². The minimum Gasteiger partial charge on any atom is -0.306 e. The second-order valence-electron chi connectivity index (χ2n) is 7.06. The summed E-state index contributed by atoms with van der Waals surface area (Å²) in [7, 11) is -11.8. The highest BCUT2D eigenvalue weighted by Crippen LogP contribution is 2.28. The fraction of sp³-hybridized carbons (Fsp3) is 0.100. The van der Waals surface area contributed by atoms with Gasteiger partial charge in [-0.05, 0) is 61.0 Å². The van der Waals surface area contributed by atoms with Crippen molar-refractivity contribution >= 4 is 52.9 Å². The van der Waals surface area contributed by atoms with E-state index < -0.39 is 29.9 Å². The summed E-state index contributed by atoms with van der Waals surface area (Å²) in [6, 6.07) is 15.3. The molecule has 0 unspecified atom stereocenters. The Bertz CT molecular complexity index is 1500. The average molecular weight is 530 g/mol. The van der Waals surface area contributed by atoms with Crippen LogP contribution in [0.25, 0.3) is 0 Å². The van der Waals surface area contributed by atoms with Gasteiger partial charge < -0.3 is 5.43 Å². The lowest BCUT2D eigenvalue weighted by Crippen LogP contribution is -2.30. The summed E-state index contributed by atoms with van der Waals surface area (Å²) in [4.78, 5) is 1.65. The highest BCUT2D eigenvalue weighted by Gasteiger charge is 2.22. The van der Waals surface area contributed by atoms with Crippen LogP contribution in [-0.4, -0.2) is 31.5 Å². The predicted octanol–water partition coefficient (Wildman–Crippen LogP) is 3.16. The second kappa shape index (κ2) is 9.31. The zero-order chi connectivity index (χ0) is 24.4. The number of aryl methyl sites for hydroxylation is 1. The SMILES string of the molecule is Cc1ccc(NNS(=O)(=O)c2ccc(S(C)(=O)=O)cc2)c(S(=O)(=O)Nc2ccccc2Cl)c1. The summed E-state index contributed by atoms with van der Waals surface area (Å²) < 4.78 is 76.8. The first-order valence-corrected chi connectivity index (χ1v) is 14.5. The number of sulfone groups is 1. The molecule has 176 valence electrons. The van der Waals surface area contributed by atoms with Crippen LogP contribution in [0.1, 0.15) is 5.56 Å². The number of hydrogen-bond acceptors (Lipinski definition) is 7. The Morgan fingerprint density at radius 1 is 0.727 bits per heavy atom. The molecule has 3 aromatic carbocycles. The molecular formula is C20H20ClN3O6S3. The zero-order valence-electron chi connectivity index (χ0n) is 17.4. The van der Waals surface area contributed by atoms with Gasteiger partial charge in [0, 0.05) is 6.26 Å². The van der Waals surface area contributed by atoms with Crippen LogP contribution in [-0.2, 0) is 29.9 Å². The van der Waals surface area contributed by atoms with Crippen LogP contribution >= 0.6 is 11.6 Å². The van der Waals surface area contributed by atoms with Crippen molar-refractivity contribution in [3.8, 4) is 0 Å². The monoisotopic (exact) mass is 529 g/mol. The molecule has 0 atom stereocenters. The lowest BCUT2D eigenvalue weighted by molar-refractivity contribution is 0.586. The Morgan fingerprint density at radius 3 is 1.94 bits per heavy atom. The van der Waals surface area contributed by atoms with Gasteiger partial charge in [-0.15, -0.1) is 4.83 Å². The number of para-hydroxylation sites is 1. The van der Waals surface area contributed by atoms with Gasteiger partial charge in [0.2, 0.25) is 0 Å². The smallest absolute Gasteiger partial charge is 0.264 e. The van der Waals surface area contributed by atoms with E-state index in [2.05, 4.69) is 15.0 Å². The topological polar surface area (TPSA) is 139 Å². The van der Waals surface area contributed by atoms with Crippen LogP contribution in [0.4, 0.5) is 11.4 Å². The lowest BCUT2D eigenvalue weighted by Gasteiger charge is -2.16. The van der Waals surface area contributed by atoms with Gasteiger partial charge in [0.05, 0.1) is 26.2 Å². The van der Waals surface area contributed by atoms with Crippen molar-refractivity contribution in [3.63, 3.8) is 0 Å². The van der Waals surface area contributed by atoms with Gasteiger partial charge >= 0.3 is 0 Å². The van der Waals surface area contributed by atoms with E-state index in [0.29, 0.717) is 5.56 Å². The standard InChI is InChI=1S/C20H20ClN3O6S3/c1-14-7-12-19(20(13-14)33(29,30)23-18-6-4-3-5-17(18)21)22-24-32(27,28)16-10-8-15(9-11-16)31(2,25)26/h3-13,22-24H,1-2H3. The number of nitrogens with one attached hydrogen (secondary N) is 3. The van der Waals surface area contributed by atoms with E-state index in [-0.39, 0.29) is 31.1 Å². The molecule has 0 saturated carbocycles. The number of anilines is 2. The van der Waals surface area contributed by atoms with Gasteiger partial charge in [0.25, 0.3) is 20.0 Å². The van der Waals surface area contributed by atoms with Crippen LogP contribution in [0.2, 0.25) is 5.02 Å². The summed E-state index contributed by atoms with van der Waals surface area (Å²) in [5.41, 5.74) is 3.18. The third-order valence-electron chi connectivity index (χ3n) is 4.43. The minimum atomic E-state index is -4.15. The van der Waals surface area contributed by atoms with Crippen molar-refractivity contribution in [2.24, 2.45) is 0 Å². The van der Waals surface area contributed by atoms with Crippen LogP contribution < -0.4 is 15.0 Å². The molecule has 3 N–H and O–H groups in total. The molecule has 33 heavy (non-hydrogen) atoms. The molecule has 13 heteroatoms. The molecule has 0 radical (unpaired) electrons. The first kappa shape index (κ1) is 25.0. The first-order chi connectivity index (χ1) is 15.3. The summed E-state index contributed by atoms with van der Waals surface area (Å²) in [6.07, 6.45) is 1.01. The molecule has 0 aliphatic rings. The second-order valence-corrected chi connectivity index (χ2v) is 12.8. The molecule has 0 amide bonds. The van der Waals surface area contributed by atoms with Crippen molar-refractivity contribution in [3.05, 3.63) is 77.3 Å². The van der Waals surface area contributed by atoms with Crippen molar-refractivity contribution < 1.29 is 25.3 Å². The Balaban J connectivity index is 1.88. The predicted molar refractivity (Wildman–Crippen MR) is 127 cm³/mol. The number of rotatable bonds is 8. The average Bonchev–Trinajstić information content (AvgIpc) is 2.74. The third kappa shape index (κ3) is 6.03. The molecule has 3 rings (SSSR count). The van der Waals surface area contributed by atoms with E-state index in [1.807, 2.05) is 0 Å². The van der Waals surface area contributed by atoms with E-state index in [0.717, 1.165) is 18.4 Å². The number of hydrazine groups is 1. The van der Waals surface area contributed by atoms with Crippen LogP contribution in [0.5, 0.6) is 0 Å². The quantitative estimate of drug-likeness (QED) is 0.381. The molecule has 9 nitrogen and oxygen atoms in total. The van der Waals surface area contributed by atoms with Gasteiger partial charge in [-0.2, -0.15) is 0 Å². The van der Waals surface area contributed by atoms with Crippen LogP contribution in [0.15, 0.2) is 81.4 Å². The largest absolute Gasteiger partial charge is 0.306 e. The van der Waals surface area contributed by atoms with E-state index in [9.17, 15) is 25.3 Å². The molecular weight excluding hydrogens is 510 g/mol. The van der Waals surface area contributed by atoms with Crippen molar-refractivity contribution in [2.45, 2.75) is 21.6 Å². The highest BCUT2D eigenvalue weighted by molar-refractivity contribution is 7.93. The normalized spacial score (nSPS) is 12.3. The fourth-order valence-corrected chi connectivity index (χ4v) is 5.80. The summed E-state index contributed by atoms with van der Waals surface area (Å²) >= 11 is 6.04. The first-order valence-electron chi connectivity index (χ1n) is 9.25. The molecule has 0 aliphatic heterocycles. The van der Waals surface area contributed by atoms with E-state index in [1.165, 1.54) is 36.4 Å². The molecule has 0 bridgehead atoms. The zero-order valence-corrected chi connectivity index (χ0v) is 20.6. The Kier molecular flexibility index (Phi) is 7.05. The summed E-state index contributed by atoms with van der Waals surface area (Å²) in [5.74, 6) is 0. The minimum absolute atomic E-state index is 0.0310. The van der Waals surface area contributed by atoms with Crippen LogP contribution in [0, 0.1) is 6.92 Å². The fourth-order valence-electron chi connectivity index (χ4n) is 2.75. The Morgan fingerprint density at radius 2 is 1.33 bits per heavy atom. The van der Waals surface area contributed by atoms with Gasteiger partial charge in [-0.3, -0.25) is 4.72 Å². The Hall–Kier alpha value is -2.64. The number of halogens is 1. The third-order valence-corrected chi connectivity index (χ3v) is 8.55. The number of benzene rings is 3. The Labute approximate surface area is 197 Å². The molecule has 0 aliphatic carbocycles. The molecule has 0 aromatic heterocycles. The lowest BCUT2D eigenvalue weighted by atomic mass is 10.2.